The van der Waals surface area contributed by atoms with E-state index in [1.54, 1.807) is 6.20 Å². The van der Waals surface area contributed by atoms with Crippen molar-refractivity contribution in [3.8, 4) is 11.5 Å². The number of hydrogen-bond acceptors (Lipinski definition) is 8. The molecule has 0 spiro atoms. The second kappa shape index (κ2) is 12.1. The molecule has 2 aliphatic heterocycles. The Hall–Kier alpha value is -2.89. The number of halogens is 2. The highest BCUT2D eigenvalue weighted by molar-refractivity contribution is 6.35. The number of rotatable bonds is 10. The first kappa shape index (κ1) is 27.2. The number of ether oxygens (including phenoxy) is 1. The van der Waals surface area contributed by atoms with Crippen molar-refractivity contribution in [2.24, 2.45) is 0 Å². The van der Waals surface area contributed by atoms with Crippen LogP contribution in [0, 0.1) is 5.82 Å². The van der Waals surface area contributed by atoms with Crippen LogP contribution in [0.3, 0.4) is 0 Å². The Kier molecular flexibility index (Phi) is 8.88. The first-order chi connectivity index (χ1) is 17.8. The molecule has 0 atom stereocenters. The van der Waals surface area contributed by atoms with E-state index >= 15 is 0 Å². The first-order valence-electron chi connectivity index (χ1n) is 12.7. The van der Waals surface area contributed by atoms with E-state index in [2.05, 4.69) is 32.1 Å². The molecule has 3 heterocycles. The fourth-order valence-corrected chi connectivity index (χ4v) is 4.96. The molecule has 202 valence electrons. The SMILES string of the molecule is CCN1C(=O)N(c2c(F)c(O)cc(OC)c2Cl)Cc2cnc(NCCCCCN3CCN(C)CC3)nc21. The highest BCUT2D eigenvalue weighted by Gasteiger charge is 2.36. The molecular formula is C25H35ClFN7O3. The normalized spacial score (nSPS) is 16.7. The van der Waals surface area contributed by atoms with Gasteiger partial charge in [0.1, 0.15) is 22.3 Å². The highest BCUT2D eigenvalue weighted by Crippen LogP contribution is 2.44. The van der Waals surface area contributed by atoms with Crippen molar-refractivity contribution in [2.75, 3.05) is 75.1 Å². The second-order valence-corrected chi connectivity index (χ2v) is 9.74. The van der Waals surface area contributed by atoms with Gasteiger partial charge in [-0.2, -0.15) is 4.98 Å². The van der Waals surface area contributed by atoms with Gasteiger partial charge >= 0.3 is 6.03 Å². The number of carbonyl (C=O) groups is 1. The predicted octanol–water partition coefficient (Wildman–Crippen LogP) is 3.78. The van der Waals surface area contributed by atoms with E-state index < -0.39 is 17.6 Å². The quantitative estimate of drug-likeness (QED) is 0.444. The molecule has 2 amide bonds. The van der Waals surface area contributed by atoms with Crippen LogP contribution in [0.25, 0.3) is 0 Å². The molecule has 1 fully saturated rings. The van der Waals surface area contributed by atoms with Crippen molar-refractivity contribution in [3.63, 3.8) is 0 Å². The minimum Gasteiger partial charge on any atom is -0.505 e. The predicted molar refractivity (Wildman–Crippen MR) is 143 cm³/mol. The Morgan fingerprint density at radius 1 is 1.22 bits per heavy atom. The van der Waals surface area contributed by atoms with E-state index in [0.717, 1.165) is 64.6 Å². The largest absolute Gasteiger partial charge is 0.505 e. The standard InChI is InChI=1S/C25H35ClFN7O3/c1-4-33-23-17(16-34(25(33)36)22-20(26)19(37-3)14-18(35)21(22)27)15-29-24(30-23)28-8-6-5-7-9-32-12-10-31(2)11-13-32/h14-15,35H,4-13,16H2,1-3H3,(H,28,29,30). The number of phenols is 1. The molecule has 2 aromatic rings. The topological polar surface area (TPSA) is 97.3 Å². The third kappa shape index (κ3) is 6.00. The average molecular weight is 536 g/mol. The smallest absolute Gasteiger partial charge is 0.330 e. The minimum atomic E-state index is -0.995. The average Bonchev–Trinajstić information content (AvgIpc) is 2.89. The third-order valence-electron chi connectivity index (χ3n) is 6.85. The first-order valence-corrected chi connectivity index (χ1v) is 13.1. The molecule has 2 aliphatic rings. The lowest BCUT2D eigenvalue weighted by molar-refractivity contribution is 0.152. The van der Waals surface area contributed by atoms with Crippen LogP contribution in [-0.4, -0.2) is 90.9 Å². The molecule has 1 aromatic carbocycles. The number of amides is 2. The van der Waals surface area contributed by atoms with E-state index in [-0.39, 0.29) is 23.0 Å². The summed E-state index contributed by atoms with van der Waals surface area (Å²) >= 11 is 6.34. The number of hydrogen-bond donors (Lipinski definition) is 2. The molecule has 0 radical (unpaired) electrons. The van der Waals surface area contributed by atoms with E-state index in [4.69, 9.17) is 16.3 Å². The highest BCUT2D eigenvalue weighted by atomic mass is 35.5. The minimum absolute atomic E-state index is 0.000482. The summed E-state index contributed by atoms with van der Waals surface area (Å²) in [6.07, 6.45) is 4.89. The number of fused-ring (bicyclic) bond motifs is 1. The molecular weight excluding hydrogens is 501 g/mol. The van der Waals surface area contributed by atoms with Crippen molar-refractivity contribution < 1.29 is 19.0 Å². The number of nitrogens with one attached hydrogen (secondary N) is 1. The van der Waals surface area contributed by atoms with Gasteiger partial charge in [0.05, 0.1) is 13.7 Å². The molecule has 4 rings (SSSR count). The zero-order chi connectivity index (χ0) is 26.5. The number of piperazine rings is 1. The summed E-state index contributed by atoms with van der Waals surface area (Å²) in [6, 6.07) is 0.575. The van der Waals surface area contributed by atoms with Gasteiger partial charge < -0.3 is 25.0 Å². The molecule has 0 saturated carbocycles. The number of phenolic OH excluding ortho intramolecular Hbond substituents is 1. The van der Waals surface area contributed by atoms with Crippen LogP contribution >= 0.6 is 11.6 Å². The van der Waals surface area contributed by atoms with Crippen LogP contribution in [0.2, 0.25) is 5.02 Å². The molecule has 10 nitrogen and oxygen atoms in total. The number of likely N-dealkylation sites (N-methyl/N-ethyl adjacent to an activating group) is 1. The van der Waals surface area contributed by atoms with Crippen molar-refractivity contribution in [1.29, 1.82) is 0 Å². The van der Waals surface area contributed by atoms with Gasteiger partial charge in [-0.3, -0.25) is 9.80 Å². The summed E-state index contributed by atoms with van der Waals surface area (Å²) in [5.74, 6) is -0.667. The van der Waals surface area contributed by atoms with Gasteiger partial charge in [-0.15, -0.1) is 0 Å². The van der Waals surface area contributed by atoms with Crippen molar-refractivity contribution in [2.45, 2.75) is 32.7 Å². The van der Waals surface area contributed by atoms with Gasteiger partial charge in [0.2, 0.25) is 5.95 Å². The Morgan fingerprint density at radius 3 is 2.68 bits per heavy atom. The molecule has 0 aliphatic carbocycles. The van der Waals surface area contributed by atoms with Crippen LogP contribution in [0.4, 0.5) is 26.6 Å². The van der Waals surface area contributed by atoms with Gasteiger partial charge in [0, 0.05) is 57.1 Å². The Balaban J connectivity index is 1.39. The van der Waals surface area contributed by atoms with Crippen molar-refractivity contribution in [3.05, 3.63) is 28.7 Å². The lowest BCUT2D eigenvalue weighted by Gasteiger charge is -2.36. The summed E-state index contributed by atoms with van der Waals surface area (Å²) in [7, 11) is 3.52. The van der Waals surface area contributed by atoms with Crippen LogP contribution < -0.4 is 19.9 Å². The number of unbranched alkanes of at least 4 members (excludes halogenated alkanes) is 2. The fourth-order valence-electron chi connectivity index (χ4n) is 4.64. The number of aromatic nitrogens is 2. The maximum Gasteiger partial charge on any atom is 0.330 e. The monoisotopic (exact) mass is 535 g/mol. The molecule has 0 unspecified atom stereocenters. The summed E-state index contributed by atoms with van der Waals surface area (Å²) in [5.41, 5.74) is 0.392. The van der Waals surface area contributed by atoms with Crippen LogP contribution in [0.1, 0.15) is 31.7 Å². The number of anilines is 3. The van der Waals surface area contributed by atoms with Gasteiger partial charge in [-0.1, -0.05) is 18.0 Å². The summed E-state index contributed by atoms with van der Waals surface area (Å²) in [6.45, 7) is 8.52. The molecule has 2 N–H and O–H groups in total. The van der Waals surface area contributed by atoms with Crippen molar-refractivity contribution in [1.82, 2.24) is 19.8 Å². The third-order valence-corrected chi connectivity index (χ3v) is 7.21. The number of carbonyl (C=O) groups excluding carboxylic acids is 1. The second-order valence-electron chi connectivity index (χ2n) is 9.36. The summed E-state index contributed by atoms with van der Waals surface area (Å²) in [4.78, 5) is 29.8. The van der Waals surface area contributed by atoms with Gasteiger partial charge in [-0.05, 0) is 33.4 Å². The lowest BCUT2D eigenvalue weighted by atomic mass is 10.1. The number of nitrogens with zero attached hydrogens (tertiary/aromatic N) is 6. The number of urea groups is 1. The van der Waals surface area contributed by atoms with Gasteiger partial charge in [0.15, 0.2) is 11.6 Å². The van der Waals surface area contributed by atoms with E-state index in [0.29, 0.717) is 23.9 Å². The summed E-state index contributed by atoms with van der Waals surface area (Å²) < 4.78 is 20.0. The van der Waals surface area contributed by atoms with Crippen LogP contribution in [-0.2, 0) is 6.54 Å². The van der Waals surface area contributed by atoms with Gasteiger partial charge in [0.25, 0.3) is 0 Å². The Labute approximate surface area is 222 Å². The van der Waals surface area contributed by atoms with Crippen LogP contribution in [0.5, 0.6) is 11.5 Å². The summed E-state index contributed by atoms with van der Waals surface area (Å²) in [5, 5.41) is 13.2. The molecule has 1 aromatic heterocycles. The molecule has 37 heavy (non-hydrogen) atoms. The maximum absolute atomic E-state index is 14.9. The fraction of sp³-hybridized carbons (Fsp3) is 0.560. The van der Waals surface area contributed by atoms with Gasteiger partial charge in [-0.25, -0.2) is 14.2 Å². The Morgan fingerprint density at radius 2 is 1.97 bits per heavy atom. The maximum atomic E-state index is 14.9. The molecule has 0 bridgehead atoms. The zero-order valence-corrected chi connectivity index (χ0v) is 22.4. The lowest BCUT2D eigenvalue weighted by Crippen LogP contribution is -2.48. The number of aromatic hydroxyl groups is 1. The Bertz CT molecular complexity index is 1110. The number of benzene rings is 1. The number of methoxy groups -OCH3 is 1. The molecule has 1 saturated heterocycles. The van der Waals surface area contributed by atoms with E-state index in [1.807, 2.05) is 6.92 Å². The zero-order valence-electron chi connectivity index (χ0n) is 21.6. The van der Waals surface area contributed by atoms with Crippen LogP contribution in [0.15, 0.2) is 12.3 Å². The van der Waals surface area contributed by atoms with E-state index in [9.17, 15) is 14.3 Å². The molecule has 12 heteroatoms. The van der Waals surface area contributed by atoms with E-state index in [1.165, 1.54) is 16.9 Å². The van der Waals surface area contributed by atoms with Crippen molar-refractivity contribution >= 4 is 35.1 Å².